The molecule has 17 heavy (non-hydrogen) atoms. The molecule has 3 nitrogen and oxygen atoms in total. The zero-order valence-corrected chi connectivity index (χ0v) is 11.2. The molecule has 0 aromatic rings. The van der Waals surface area contributed by atoms with Crippen LogP contribution in [0.4, 0.5) is 0 Å². The molecule has 5 heteroatoms. The van der Waals surface area contributed by atoms with Gasteiger partial charge in [0.2, 0.25) is 0 Å². The predicted molar refractivity (Wildman–Crippen MR) is 74.8 cm³/mol. The molecule has 0 spiro atoms. The molecule has 0 fully saturated rings. The van der Waals surface area contributed by atoms with Crippen molar-refractivity contribution in [1.82, 2.24) is 0 Å². The summed E-state index contributed by atoms with van der Waals surface area (Å²) in [5, 5.41) is 0. The Morgan fingerprint density at radius 3 is 2.24 bits per heavy atom. The summed E-state index contributed by atoms with van der Waals surface area (Å²) in [4.78, 5) is 0. The van der Waals surface area contributed by atoms with Crippen molar-refractivity contribution in [3.63, 3.8) is 0 Å². The molecule has 0 rings (SSSR count). The Bertz CT molecular complexity index is 334. The van der Waals surface area contributed by atoms with Crippen molar-refractivity contribution in [3.05, 3.63) is 25.3 Å². The Balaban J connectivity index is 0. The van der Waals surface area contributed by atoms with Crippen molar-refractivity contribution >= 4 is 61.5 Å². The van der Waals surface area contributed by atoms with Gasteiger partial charge in [-0.25, -0.2) is 0 Å². The molecule has 0 N–H and O–H groups in total. The van der Waals surface area contributed by atoms with E-state index in [1.807, 2.05) is 26.8 Å². The summed E-state index contributed by atoms with van der Waals surface area (Å²) in [6.45, 7) is 13.1. The van der Waals surface area contributed by atoms with E-state index >= 15 is 0 Å². The van der Waals surface area contributed by atoms with Gasteiger partial charge in [0.05, 0.1) is 12.4 Å². The monoisotopic (exact) mass is 286 g/mol. The van der Waals surface area contributed by atoms with E-state index in [0.29, 0.717) is 0 Å². The van der Waals surface area contributed by atoms with Gasteiger partial charge in [0.1, 0.15) is 0 Å². The second-order valence-corrected chi connectivity index (χ2v) is 6.36. The Kier molecular flexibility index (Phi) is 10.8. The van der Waals surface area contributed by atoms with Crippen LogP contribution in [0.1, 0.15) is 27.2 Å². The first-order valence-electron chi connectivity index (χ1n) is 5.34. The molecular weight excluding hydrogens is 263 g/mol. The fourth-order valence-electron chi connectivity index (χ4n) is 1.30. The molecule has 0 aromatic carbocycles. The molecule has 0 heterocycles. The summed E-state index contributed by atoms with van der Waals surface area (Å²) in [6.07, 6.45) is 4.02. The van der Waals surface area contributed by atoms with Gasteiger partial charge < -0.3 is 0 Å². The van der Waals surface area contributed by atoms with Gasteiger partial charge in [0, 0.05) is 0 Å². The van der Waals surface area contributed by atoms with Crippen molar-refractivity contribution in [2.24, 2.45) is 11.3 Å². The van der Waals surface area contributed by atoms with E-state index in [-0.39, 0.29) is 75.1 Å². The van der Waals surface area contributed by atoms with Crippen LogP contribution in [0.5, 0.6) is 0 Å². The molecule has 1 unspecified atom stereocenters. The van der Waals surface area contributed by atoms with Gasteiger partial charge in [-0.1, -0.05) is 32.9 Å². The first kappa shape index (κ1) is 20.3. The van der Waals surface area contributed by atoms with Gasteiger partial charge in [0.25, 0.3) is 10.1 Å². The maximum atomic E-state index is 11.6. The fraction of sp³-hybridized carbons (Fsp3) is 0.667. The molecule has 0 aliphatic rings. The summed E-state index contributed by atoms with van der Waals surface area (Å²) in [5.74, 6) is 0.0436. The minimum absolute atomic E-state index is 0. The van der Waals surface area contributed by atoms with Crippen molar-refractivity contribution in [3.8, 4) is 0 Å². The third-order valence-electron chi connectivity index (χ3n) is 2.82. The second kappa shape index (κ2) is 9.01. The first-order chi connectivity index (χ1) is 7.25. The molecule has 0 bridgehead atoms. The molecule has 0 amide bonds. The Morgan fingerprint density at radius 2 is 1.82 bits per heavy atom. The SMILES string of the molecule is C=CCOS(=O)(=O)CC(C)C(C)(C)CC=C.[KH]. The normalized spacial score (nSPS) is 13.6. The van der Waals surface area contributed by atoms with Crippen LogP contribution in [0.2, 0.25) is 0 Å². The molecular formula is C12H23KO3S. The summed E-state index contributed by atoms with van der Waals surface area (Å²) < 4.78 is 27.9. The van der Waals surface area contributed by atoms with E-state index in [1.165, 1.54) is 6.08 Å². The quantitative estimate of drug-likeness (QED) is 0.390. The Labute approximate surface area is 148 Å². The molecule has 0 radical (unpaired) electrons. The topological polar surface area (TPSA) is 43.4 Å². The average Bonchev–Trinajstić information content (AvgIpc) is 2.14. The van der Waals surface area contributed by atoms with Crippen LogP contribution in [0.3, 0.4) is 0 Å². The number of rotatable bonds is 8. The van der Waals surface area contributed by atoms with Crippen molar-refractivity contribution in [2.75, 3.05) is 12.4 Å². The zero-order chi connectivity index (χ0) is 12.8. The maximum absolute atomic E-state index is 11.6. The van der Waals surface area contributed by atoms with E-state index in [9.17, 15) is 8.42 Å². The summed E-state index contributed by atoms with van der Waals surface area (Å²) in [5.41, 5.74) is -0.0909. The third kappa shape index (κ3) is 8.70. The molecule has 0 saturated carbocycles. The summed E-state index contributed by atoms with van der Waals surface area (Å²) in [7, 11) is -3.45. The molecule has 1 atom stereocenters. The average molecular weight is 286 g/mol. The van der Waals surface area contributed by atoms with Crippen LogP contribution in [0.25, 0.3) is 0 Å². The van der Waals surface area contributed by atoms with Crippen molar-refractivity contribution < 1.29 is 12.6 Å². The van der Waals surface area contributed by atoms with Crippen molar-refractivity contribution in [1.29, 1.82) is 0 Å². The number of hydrogen-bond donors (Lipinski definition) is 0. The first-order valence-corrected chi connectivity index (χ1v) is 6.92. The van der Waals surface area contributed by atoms with Crippen LogP contribution < -0.4 is 0 Å². The van der Waals surface area contributed by atoms with E-state index in [2.05, 4.69) is 13.2 Å². The molecule has 0 aliphatic carbocycles. The van der Waals surface area contributed by atoms with Crippen LogP contribution in [-0.4, -0.2) is 72.2 Å². The molecule has 96 valence electrons. The summed E-state index contributed by atoms with van der Waals surface area (Å²) in [6, 6.07) is 0. The summed E-state index contributed by atoms with van der Waals surface area (Å²) >= 11 is 0. The Morgan fingerprint density at radius 1 is 1.29 bits per heavy atom. The van der Waals surface area contributed by atoms with E-state index < -0.39 is 10.1 Å². The van der Waals surface area contributed by atoms with Crippen LogP contribution >= 0.6 is 0 Å². The van der Waals surface area contributed by atoms with Gasteiger partial charge in [0.15, 0.2) is 0 Å². The van der Waals surface area contributed by atoms with Gasteiger partial charge in [-0.15, -0.1) is 13.2 Å². The zero-order valence-electron chi connectivity index (χ0n) is 10.4. The Hall–Kier alpha value is 1.03. The minimum atomic E-state index is -3.45. The van der Waals surface area contributed by atoms with E-state index in [1.54, 1.807) is 0 Å². The standard InChI is InChI=1S/C12H22O3S.K.H/c1-6-8-12(4,5)11(3)10-16(13,14)15-9-7-2;;/h6-7,11H,1-2,8-10H2,3-5H3;;. The second-order valence-electron chi connectivity index (χ2n) is 4.68. The van der Waals surface area contributed by atoms with Gasteiger partial charge >= 0.3 is 51.4 Å². The van der Waals surface area contributed by atoms with Gasteiger partial charge in [-0.3, -0.25) is 4.18 Å². The van der Waals surface area contributed by atoms with Crippen LogP contribution in [0, 0.1) is 11.3 Å². The van der Waals surface area contributed by atoms with Gasteiger partial charge in [-0.05, 0) is 17.8 Å². The van der Waals surface area contributed by atoms with Crippen LogP contribution in [0.15, 0.2) is 25.3 Å². The number of allylic oxidation sites excluding steroid dienone is 1. The molecule has 0 aliphatic heterocycles. The molecule has 0 saturated heterocycles. The fourth-order valence-corrected chi connectivity index (χ4v) is 2.77. The van der Waals surface area contributed by atoms with E-state index in [0.717, 1.165) is 6.42 Å². The van der Waals surface area contributed by atoms with Gasteiger partial charge in [-0.2, -0.15) is 8.42 Å². The predicted octanol–water partition coefficient (Wildman–Crippen LogP) is 2.11. The number of hydrogen-bond acceptors (Lipinski definition) is 3. The van der Waals surface area contributed by atoms with E-state index in [4.69, 9.17) is 4.18 Å². The van der Waals surface area contributed by atoms with Crippen LogP contribution in [-0.2, 0) is 14.3 Å². The van der Waals surface area contributed by atoms with Crippen molar-refractivity contribution in [2.45, 2.75) is 27.2 Å². The molecule has 0 aromatic heterocycles. The third-order valence-corrected chi connectivity index (χ3v) is 4.23.